The molecule has 5 nitrogen and oxygen atoms in total. The third-order valence-corrected chi connectivity index (χ3v) is 3.60. The molecule has 0 spiro atoms. The number of carboxylic acids is 1. The van der Waals surface area contributed by atoms with E-state index in [0.29, 0.717) is 6.42 Å². The fourth-order valence-electron chi connectivity index (χ4n) is 2.30. The first-order valence-electron chi connectivity index (χ1n) is 6.45. The number of carboxylic acid groups (broad SMARTS) is 1. The quantitative estimate of drug-likeness (QED) is 0.793. The Labute approximate surface area is 138 Å². The van der Waals surface area contributed by atoms with Gasteiger partial charge in [0.05, 0.1) is 5.02 Å². The molecule has 114 valence electrons. The third kappa shape index (κ3) is 3.05. The molecule has 0 aliphatic carbocycles. The molecule has 1 aromatic carbocycles. The normalized spacial score (nSPS) is 10.4. The Morgan fingerprint density at radius 3 is 2.64 bits per heavy atom. The van der Waals surface area contributed by atoms with Gasteiger partial charge in [0.25, 0.3) is 0 Å². The van der Waals surface area contributed by atoms with Gasteiger partial charge >= 0.3 is 5.97 Å². The molecule has 0 saturated heterocycles. The van der Waals surface area contributed by atoms with Gasteiger partial charge in [-0.3, -0.25) is 0 Å². The molecule has 0 amide bonds. The lowest BCUT2D eigenvalue weighted by atomic mass is 10.1. The number of aromatic nitrogens is 3. The third-order valence-electron chi connectivity index (χ3n) is 3.30. The van der Waals surface area contributed by atoms with Crippen LogP contribution in [-0.4, -0.2) is 25.7 Å². The fourth-order valence-corrected chi connectivity index (χ4v) is 2.59. The van der Waals surface area contributed by atoms with E-state index < -0.39 is 5.97 Å². The number of pyridine rings is 1. The number of carbonyl (C=O) groups is 1. The lowest BCUT2D eigenvalue weighted by molar-refractivity contribution is 0.0698. The first-order valence-corrected chi connectivity index (χ1v) is 6.83. The van der Waals surface area contributed by atoms with E-state index in [2.05, 4.69) is 10.1 Å². The van der Waals surface area contributed by atoms with Crippen molar-refractivity contribution in [1.29, 1.82) is 0 Å². The molecule has 3 aromatic rings. The molecule has 22 heavy (non-hydrogen) atoms. The molecule has 7 heteroatoms. The molecule has 2 heterocycles. The van der Waals surface area contributed by atoms with Crippen LogP contribution in [0, 0.1) is 0 Å². The molecule has 2 aromatic heterocycles. The summed E-state index contributed by atoms with van der Waals surface area (Å²) in [5, 5.41) is 13.5. The minimum absolute atomic E-state index is 0. The van der Waals surface area contributed by atoms with Gasteiger partial charge in [0, 0.05) is 5.69 Å². The topological polar surface area (TPSA) is 67.5 Å². The molecule has 0 unspecified atom stereocenters. The second-order valence-electron chi connectivity index (χ2n) is 4.64. The van der Waals surface area contributed by atoms with E-state index in [1.54, 1.807) is 6.07 Å². The number of hydrogen-bond donors (Lipinski definition) is 1. The van der Waals surface area contributed by atoms with Crippen LogP contribution in [-0.2, 0) is 12.8 Å². The molecule has 3 rings (SSSR count). The Balaban J connectivity index is 0.00000176. The monoisotopic (exact) mass is 337 g/mol. The standard InChI is InChI=1S/C15H12ClN3O2.ClH/c16-12-8-11(7-6-10-4-2-1-3-5-10)19-14(17-9-18-19)13(12)15(20)21;/h1-5,8-9H,6-7H2,(H,20,21);1H. The Morgan fingerprint density at radius 2 is 1.95 bits per heavy atom. The van der Waals surface area contributed by atoms with Crippen molar-refractivity contribution in [3.63, 3.8) is 0 Å². The van der Waals surface area contributed by atoms with Crippen molar-refractivity contribution in [3.8, 4) is 0 Å². The van der Waals surface area contributed by atoms with Gasteiger partial charge in [-0.05, 0) is 24.5 Å². The van der Waals surface area contributed by atoms with Crippen LogP contribution in [0.5, 0.6) is 0 Å². The molecular formula is C15H13Cl2N3O2. The predicted octanol–water partition coefficient (Wildman–Crippen LogP) is 3.29. The molecular weight excluding hydrogens is 325 g/mol. The predicted molar refractivity (Wildman–Crippen MR) is 86.1 cm³/mol. The molecule has 1 N–H and O–H groups in total. The zero-order valence-electron chi connectivity index (χ0n) is 11.4. The van der Waals surface area contributed by atoms with Gasteiger partial charge in [-0.1, -0.05) is 41.9 Å². The summed E-state index contributed by atoms with van der Waals surface area (Å²) in [6.45, 7) is 0. The van der Waals surface area contributed by atoms with E-state index in [-0.39, 0.29) is 28.6 Å². The van der Waals surface area contributed by atoms with E-state index >= 15 is 0 Å². The van der Waals surface area contributed by atoms with E-state index in [9.17, 15) is 9.90 Å². The van der Waals surface area contributed by atoms with Gasteiger partial charge in [0.2, 0.25) is 0 Å². The van der Waals surface area contributed by atoms with Crippen molar-refractivity contribution in [2.75, 3.05) is 0 Å². The highest BCUT2D eigenvalue weighted by Gasteiger charge is 2.18. The van der Waals surface area contributed by atoms with Gasteiger partial charge in [0.1, 0.15) is 11.9 Å². The SMILES string of the molecule is Cl.O=C(O)c1c(Cl)cc(CCc2ccccc2)n2ncnc12. The van der Waals surface area contributed by atoms with Crippen LogP contribution in [0.25, 0.3) is 5.65 Å². The van der Waals surface area contributed by atoms with E-state index in [1.165, 1.54) is 16.4 Å². The van der Waals surface area contributed by atoms with Crippen LogP contribution in [0.1, 0.15) is 21.6 Å². The Bertz CT molecular complexity index is 803. The van der Waals surface area contributed by atoms with Crippen molar-refractivity contribution in [2.45, 2.75) is 12.8 Å². The van der Waals surface area contributed by atoms with Crippen molar-refractivity contribution in [2.24, 2.45) is 0 Å². The molecule has 0 aliphatic rings. The van der Waals surface area contributed by atoms with Crippen molar-refractivity contribution < 1.29 is 9.90 Å². The summed E-state index contributed by atoms with van der Waals surface area (Å²) < 4.78 is 1.54. The summed E-state index contributed by atoms with van der Waals surface area (Å²) in [6.07, 6.45) is 2.85. The molecule has 0 atom stereocenters. The number of aryl methyl sites for hydroxylation is 2. The number of aromatic carboxylic acids is 1. The van der Waals surface area contributed by atoms with Crippen LogP contribution in [0.2, 0.25) is 5.02 Å². The van der Waals surface area contributed by atoms with Crippen molar-refractivity contribution >= 4 is 35.6 Å². The smallest absolute Gasteiger partial charge is 0.341 e. The first kappa shape index (κ1) is 16.3. The summed E-state index contributed by atoms with van der Waals surface area (Å²) in [5.74, 6) is -1.10. The summed E-state index contributed by atoms with van der Waals surface area (Å²) in [4.78, 5) is 15.3. The number of nitrogens with zero attached hydrogens (tertiary/aromatic N) is 3. The highest BCUT2D eigenvalue weighted by molar-refractivity contribution is 6.34. The minimum atomic E-state index is -1.10. The fraction of sp³-hybridized carbons (Fsp3) is 0.133. The van der Waals surface area contributed by atoms with E-state index in [1.807, 2.05) is 30.3 Å². The van der Waals surface area contributed by atoms with Crippen molar-refractivity contribution in [1.82, 2.24) is 14.6 Å². The molecule has 0 saturated carbocycles. The number of hydrogen-bond acceptors (Lipinski definition) is 3. The summed E-state index contributed by atoms with van der Waals surface area (Å²) in [5.41, 5.74) is 2.29. The van der Waals surface area contributed by atoms with Crippen LogP contribution in [0.4, 0.5) is 0 Å². The Kier molecular flexibility index (Phi) is 5.00. The zero-order chi connectivity index (χ0) is 14.8. The van der Waals surface area contributed by atoms with Crippen LogP contribution < -0.4 is 0 Å². The second-order valence-corrected chi connectivity index (χ2v) is 5.05. The van der Waals surface area contributed by atoms with Gasteiger partial charge in [0.15, 0.2) is 5.65 Å². The minimum Gasteiger partial charge on any atom is -0.478 e. The summed E-state index contributed by atoms with van der Waals surface area (Å²) in [6, 6.07) is 11.7. The largest absolute Gasteiger partial charge is 0.478 e. The molecule has 0 aliphatic heterocycles. The first-order chi connectivity index (χ1) is 10.2. The summed E-state index contributed by atoms with van der Waals surface area (Å²) in [7, 11) is 0. The van der Waals surface area contributed by atoms with Gasteiger partial charge < -0.3 is 5.11 Å². The van der Waals surface area contributed by atoms with Crippen LogP contribution in [0.3, 0.4) is 0 Å². The highest BCUT2D eigenvalue weighted by Crippen LogP contribution is 2.23. The maximum absolute atomic E-state index is 11.3. The Hall–Kier alpha value is -2.11. The summed E-state index contributed by atoms with van der Waals surface area (Å²) >= 11 is 6.08. The van der Waals surface area contributed by atoms with Gasteiger partial charge in [-0.2, -0.15) is 5.10 Å². The van der Waals surface area contributed by atoms with Gasteiger partial charge in [-0.15, -0.1) is 12.4 Å². The van der Waals surface area contributed by atoms with Crippen LogP contribution >= 0.6 is 24.0 Å². The number of fused-ring (bicyclic) bond motifs is 1. The number of benzene rings is 1. The molecule has 0 radical (unpaired) electrons. The van der Waals surface area contributed by atoms with Crippen molar-refractivity contribution in [3.05, 3.63) is 64.6 Å². The van der Waals surface area contributed by atoms with E-state index in [0.717, 1.165) is 12.1 Å². The average Bonchev–Trinajstić information content (AvgIpc) is 2.94. The van der Waals surface area contributed by atoms with Gasteiger partial charge in [-0.25, -0.2) is 14.3 Å². The highest BCUT2D eigenvalue weighted by atomic mass is 35.5. The van der Waals surface area contributed by atoms with Crippen LogP contribution in [0.15, 0.2) is 42.7 Å². The van der Waals surface area contributed by atoms with E-state index in [4.69, 9.17) is 11.6 Å². The zero-order valence-corrected chi connectivity index (χ0v) is 13.0. The molecule has 0 bridgehead atoms. The lowest BCUT2D eigenvalue weighted by Crippen LogP contribution is -2.08. The second kappa shape index (κ2) is 6.77. The maximum atomic E-state index is 11.3. The lowest BCUT2D eigenvalue weighted by Gasteiger charge is -2.08. The Morgan fingerprint density at radius 1 is 1.23 bits per heavy atom. The number of halogens is 2. The maximum Gasteiger partial charge on any atom is 0.341 e. The molecule has 0 fully saturated rings. The average molecular weight is 338 g/mol. The number of rotatable bonds is 4.